The zero-order chi connectivity index (χ0) is 18.0. The highest BCUT2D eigenvalue weighted by atomic mass is 16.3. The number of aromatic amines is 2. The number of aliphatic hydroxyl groups is 1. The maximum atomic E-state index is 12.6. The lowest BCUT2D eigenvalue weighted by molar-refractivity contribution is 0.0658. The van der Waals surface area contributed by atoms with E-state index < -0.39 is 6.10 Å². The molecule has 1 unspecified atom stereocenters. The first-order valence-corrected chi connectivity index (χ1v) is 8.26. The number of hydrogen-bond donors (Lipinski definition) is 3. The molecule has 3 N–H and O–H groups in total. The Kier molecular flexibility index (Phi) is 4.88. The molecule has 1 saturated heterocycles. The fraction of sp³-hybridized carbons (Fsp3) is 0.471. The zero-order valence-corrected chi connectivity index (χ0v) is 14.4. The Labute approximate surface area is 146 Å². The quantitative estimate of drug-likeness (QED) is 0.754. The molecule has 8 nitrogen and oxygen atoms in total. The summed E-state index contributed by atoms with van der Waals surface area (Å²) in [6.45, 7) is 6.60. The topological polar surface area (TPSA) is 112 Å². The summed E-state index contributed by atoms with van der Waals surface area (Å²) in [6.07, 6.45) is 0.891. The Bertz CT molecular complexity index is 783. The lowest BCUT2D eigenvalue weighted by Crippen LogP contribution is -2.37. The van der Waals surface area contributed by atoms with Gasteiger partial charge in [0.15, 0.2) is 0 Å². The van der Waals surface area contributed by atoms with Crippen LogP contribution in [0.4, 0.5) is 0 Å². The van der Waals surface area contributed by atoms with Crippen LogP contribution < -0.4 is 0 Å². The molecule has 1 aliphatic rings. The molecule has 1 amide bonds. The number of aliphatic hydroxyl groups excluding tert-OH is 1. The second-order valence-electron chi connectivity index (χ2n) is 6.47. The molecule has 1 atom stereocenters. The number of H-pyrrole nitrogens is 2. The molecule has 1 fully saturated rings. The number of nitrogens with one attached hydrogen (secondary N) is 2. The summed E-state index contributed by atoms with van der Waals surface area (Å²) in [5.74, 6) is -0.196. The van der Waals surface area contributed by atoms with E-state index in [0.29, 0.717) is 37.4 Å². The summed E-state index contributed by atoms with van der Waals surface area (Å²) in [5, 5.41) is 26.4. The van der Waals surface area contributed by atoms with Gasteiger partial charge in [-0.15, -0.1) is 0 Å². The second-order valence-corrected chi connectivity index (χ2v) is 6.47. The number of amides is 1. The van der Waals surface area contributed by atoms with E-state index in [4.69, 9.17) is 5.26 Å². The normalized spacial score (nSPS) is 18.8. The van der Waals surface area contributed by atoms with Crippen molar-refractivity contribution in [1.82, 2.24) is 25.0 Å². The Morgan fingerprint density at radius 3 is 2.88 bits per heavy atom. The highest BCUT2D eigenvalue weighted by Crippen LogP contribution is 2.16. The molecule has 2 aromatic rings. The summed E-state index contributed by atoms with van der Waals surface area (Å²) in [4.78, 5) is 19.2. The summed E-state index contributed by atoms with van der Waals surface area (Å²) >= 11 is 0. The first-order chi connectivity index (χ1) is 12.0. The van der Waals surface area contributed by atoms with Crippen molar-refractivity contribution in [2.75, 3.05) is 26.2 Å². The Hall–Kier alpha value is -2.63. The summed E-state index contributed by atoms with van der Waals surface area (Å²) in [7, 11) is 0. The molecule has 3 heterocycles. The molecule has 25 heavy (non-hydrogen) atoms. The maximum absolute atomic E-state index is 12.6. The fourth-order valence-electron chi connectivity index (χ4n) is 3.17. The molecule has 0 bridgehead atoms. The number of rotatable bonds is 3. The van der Waals surface area contributed by atoms with Crippen LogP contribution in [-0.2, 0) is 6.54 Å². The average molecular weight is 342 g/mol. The highest BCUT2D eigenvalue weighted by Gasteiger charge is 2.26. The van der Waals surface area contributed by atoms with E-state index in [1.165, 1.54) is 12.3 Å². The average Bonchev–Trinajstić information content (AvgIpc) is 3.13. The number of aromatic nitrogens is 3. The van der Waals surface area contributed by atoms with E-state index in [9.17, 15) is 9.90 Å². The number of aryl methyl sites for hydroxylation is 2. The second kappa shape index (κ2) is 7.09. The molecule has 8 heteroatoms. The van der Waals surface area contributed by atoms with Gasteiger partial charge < -0.3 is 15.0 Å². The van der Waals surface area contributed by atoms with Crippen molar-refractivity contribution in [3.05, 3.63) is 40.5 Å². The van der Waals surface area contributed by atoms with Gasteiger partial charge >= 0.3 is 0 Å². The van der Waals surface area contributed by atoms with Crippen LogP contribution in [0.25, 0.3) is 0 Å². The lowest BCUT2D eigenvalue weighted by atomic mass is 10.2. The van der Waals surface area contributed by atoms with Crippen LogP contribution in [0.5, 0.6) is 0 Å². The van der Waals surface area contributed by atoms with Crippen LogP contribution in [0.15, 0.2) is 12.3 Å². The molecule has 2 aromatic heterocycles. The molecule has 1 aliphatic heterocycles. The van der Waals surface area contributed by atoms with Gasteiger partial charge in [0.25, 0.3) is 5.91 Å². The minimum Gasteiger partial charge on any atom is -0.390 e. The largest absolute Gasteiger partial charge is 0.390 e. The van der Waals surface area contributed by atoms with Crippen molar-refractivity contribution in [3.63, 3.8) is 0 Å². The van der Waals surface area contributed by atoms with Crippen LogP contribution >= 0.6 is 0 Å². The molecular formula is C17H22N6O2. The number of hydrogen-bond acceptors (Lipinski definition) is 5. The number of carbonyl (C=O) groups excluding carboxylic acids is 1. The molecule has 0 saturated carbocycles. The maximum Gasteiger partial charge on any atom is 0.270 e. The van der Waals surface area contributed by atoms with Gasteiger partial charge in [-0.25, -0.2) is 0 Å². The Balaban J connectivity index is 1.68. The number of carbonyl (C=O) groups is 1. The Morgan fingerprint density at radius 2 is 2.24 bits per heavy atom. The zero-order valence-electron chi connectivity index (χ0n) is 14.4. The van der Waals surface area contributed by atoms with Crippen molar-refractivity contribution in [2.24, 2.45) is 0 Å². The van der Waals surface area contributed by atoms with E-state index in [2.05, 4.69) is 20.1 Å². The van der Waals surface area contributed by atoms with Crippen LogP contribution in [-0.4, -0.2) is 68.3 Å². The number of nitriles is 1. The van der Waals surface area contributed by atoms with Crippen molar-refractivity contribution in [3.8, 4) is 6.07 Å². The van der Waals surface area contributed by atoms with Gasteiger partial charge in [-0.05, 0) is 19.9 Å². The summed E-state index contributed by atoms with van der Waals surface area (Å²) < 4.78 is 0. The van der Waals surface area contributed by atoms with Gasteiger partial charge in [0.05, 0.1) is 17.4 Å². The van der Waals surface area contributed by atoms with Gasteiger partial charge in [0.1, 0.15) is 11.8 Å². The first-order valence-electron chi connectivity index (χ1n) is 8.26. The van der Waals surface area contributed by atoms with Crippen LogP contribution in [0.1, 0.15) is 33.0 Å². The van der Waals surface area contributed by atoms with E-state index in [0.717, 1.165) is 17.0 Å². The van der Waals surface area contributed by atoms with Crippen molar-refractivity contribution in [1.29, 1.82) is 5.26 Å². The predicted octanol–water partition coefficient (Wildman–Crippen LogP) is 0.545. The SMILES string of the molecule is Cc1n[nH]c(C)c1CN1CCN(C(=O)c2cc(C#N)c[nH]2)CC(O)C1. The number of nitrogens with zero attached hydrogens (tertiary/aromatic N) is 4. The third kappa shape index (κ3) is 3.73. The monoisotopic (exact) mass is 342 g/mol. The minimum atomic E-state index is -0.621. The van der Waals surface area contributed by atoms with Crippen LogP contribution in [0, 0.1) is 25.2 Å². The first kappa shape index (κ1) is 17.2. The van der Waals surface area contributed by atoms with Gasteiger partial charge in [-0.2, -0.15) is 10.4 Å². The summed E-state index contributed by atoms with van der Waals surface area (Å²) in [5.41, 5.74) is 3.92. The molecular weight excluding hydrogens is 320 g/mol. The summed E-state index contributed by atoms with van der Waals surface area (Å²) in [6, 6.07) is 3.54. The van der Waals surface area contributed by atoms with Crippen molar-refractivity contribution >= 4 is 5.91 Å². The third-order valence-corrected chi connectivity index (χ3v) is 4.58. The van der Waals surface area contributed by atoms with Crippen molar-refractivity contribution < 1.29 is 9.90 Å². The van der Waals surface area contributed by atoms with Crippen LogP contribution in [0.3, 0.4) is 0 Å². The molecule has 3 rings (SSSR count). The van der Waals surface area contributed by atoms with Crippen molar-refractivity contribution in [2.45, 2.75) is 26.5 Å². The molecule has 0 spiro atoms. The Morgan fingerprint density at radius 1 is 1.44 bits per heavy atom. The molecule has 0 radical (unpaired) electrons. The minimum absolute atomic E-state index is 0.196. The predicted molar refractivity (Wildman–Crippen MR) is 90.8 cm³/mol. The van der Waals surface area contributed by atoms with Gasteiger partial charge in [0.2, 0.25) is 0 Å². The lowest BCUT2D eigenvalue weighted by Gasteiger charge is -2.21. The molecule has 0 aromatic carbocycles. The van der Waals surface area contributed by atoms with Gasteiger partial charge in [-0.1, -0.05) is 0 Å². The van der Waals surface area contributed by atoms with Gasteiger partial charge in [0, 0.05) is 50.2 Å². The third-order valence-electron chi connectivity index (χ3n) is 4.58. The van der Waals surface area contributed by atoms with E-state index in [1.54, 1.807) is 4.90 Å². The van der Waals surface area contributed by atoms with Gasteiger partial charge in [-0.3, -0.25) is 14.8 Å². The molecule has 132 valence electrons. The highest BCUT2D eigenvalue weighted by molar-refractivity contribution is 5.93. The molecule has 0 aliphatic carbocycles. The van der Waals surface area contributed by atoms with E-state index >= 15 is 0 Å². The van der Waals surface area contributed by atoms with E-state index in [-0.39, 0.29) is 12.5 Å². The smallest absolute Gasteiger partial charge is 0.270 e. The standard InChI is InChI=1S/C17H22N6O2/c1-11-15(12(2)21-20-11)10-22-3-4-23(9-14(24)8-22)17(25)16-5-13(6-18)7-19-16/h5,7,14,19,24H,3-4,8-10H2,1-2H3,(H,20,21). The van der Waals surface area contributed by atoms with E-state index in [1.807, 2.05) is 19.9 Å². The number of β-amino-alcohol motifs (C(OH)–C–C–N with tert-alkyl or cyclic N) is 1. The van der Waals surface area contributed by atoms with Crippen LogP contribution in [0.2, 0.25) is 0 Å². The fourth-order valence-corrected chi connectivity index (χ4v) is 3.17.